The standard InChI is InChI=1S/C29H36N8/c1-3-7-27-30-29-26(19-35(17-21-10-11-21)20-36(29)16-4-2)37(27)18-22-12-14-23(15-13-22)24-8-5-6-9-25(24)28-31-33-34-32-28/h5-6,8-9,12-15,19,21,27H,3-4,7,10-11,16-18,20H2,1-2H3,(H,31,32,33,34). The molecule has 1 fully saturated rings. The van der Waals surface area contributed by atoms with E-state index in [9.17, 15) is 0 Å². The molecule has 1 atom stereocenters. The third-order valence-electron chi connectivity index (χ3n) is 7.49. The van der Waals surface area contributed by atoms with Crippen molar-refractivity contribution in [1.82, 2.24) is 35.3 Å². The fourth-order valence-corrected chi connectivity index (χ4v) is 5.49. The number of nitrogens with zero attached hydrogens (tertiary/aromatic N) is 7. The number of amidine groups is 1. The van der Waals surface area contributed by atoms with Crippen molar-refractivity contribution in [2.24, 2.45) is 10.9 Å². The smallest absolute Gasteiger partial charge is 0.205 e. The van der Waals surface area contributed by atoms with E-state index < -0.39 is 0 Å². The van der Waals surface area contributed by atoms with Crippen LogP contribution in [0.4, 0.5) is 0 Å². The van der Waals surface area contributed by atoms with E-state index in [2.05, 4.69) is 91.8 Å². The van der Waals surface area contributed by atoms with Crippen molar-refractivity contribution in [3.63, 3.8) is 0 Å². The zero-order chi connectivity index (χ0) is 25.2. The van der Waals surface area contributed by atoms with Crippen molar-refractivity contribution in [3.8, 4) is 22.5 Å². The Balaban J connectivity index is 1.26. The summed E-state index contributed by atoms with van der Waals surface area (Å²) in [5.74, 6) is 2.67. The monoisotopic (exact) mass is 496 g/mol. The van der Waals surface area contributed by atoms with Crippen LogP contribution in [0.25, 0.3) is 22.5 Å². The maximum Gasteiger partial charge on any atom is 0.205 e. The molecule has 0 spiro atoms. The van der Waals surface area contributed by atoms with Gasteiger partial charge in [-0.3, -0.25) is 0 Å². The Kier molecular flexibility index (Phi) is 6.64. The van der Waals surface area contributed by atoms with Crippen LogP contribution < -0.4 is 0 Å². The third-order valence-corrected chi connectivity index (χ3v) is 7.49. The number of hydrogen-bond acceptors (Lipinski definition) is 7. The van der Waals surface area contributed by atoms with Crippen LogP contribution in [-0.2, 0) is 6.54 Å². The first-order chi connectivity index (χ1) is 18.2. The highest BCUT2D eigenvalue weighted by atomic mass is 15.5. The lowest BCUT2D eigenvalue weighted by Crippen LogP contribution is -2.46. The molecule has 0 radical (unpaired) electrons. The first-order valence-electron chi connectivity index (χ1n) is 13.7. The van der Waals surface area contributed by atoms with Crippen LogP contribution in [-0.4, -0.2) is 67.1 Å². The third kappa shape index (κ3) is 4.97. The Morgan fingerprint density at radius 3 is 2.49 bits per heavy atom. The van der Waals surface area contributed by atoms with Gasteiger partial charge in [0.05, 0.1) is 12.4 Å². The molecule has 1 aliphatic carbocycles. The largest absolute Gasteiger partial charge is 0.358 e. The van der Waals surface area contributed by atoms with Crippen LogP contribution >= 0.6 is 0 Å². The number of aliphatic imine (C=N–C) groups is 1. The second-order valence-electron chi connectivity index (χ2n) is 10.5. The maximum absolute atomic E-state index is 5.26. The van der Waals surface area contributed by atoms with Crippen LogP contribution in [0.15, 0.2) is 65.4 Å². The van der Waals surface area contributed by atoms with Crippen LogP contribution in [0.2, 0.25) is 0 Å². The summed E-state index contributed by atoms with van der Waals surface area (Å²) in [6, 6.07) is 17.1. The van der Waals surface area contributed by atoms with Gasteiger partial charge in [-0.15, -0.1) is 10.2 Å². The predicted molar refractivity (Wildman–Crippen MR) is 146 cm³/mol. The van der Waals surface area contributed by atoms with E-state index in [0.29, 0.717) is 5.82 Å². The normalized spacial score (nSPS) is 19.2. The zero-order valence-corrected chi connectivity index (χ0v) is 21.8. The van der Waals surface area contributed by atoms with E-state index in [0.717, 1.165) is 68.2 Å². The van der Waals surface area contributed by atoms with Gasteiger partial charge in [0.2, 0.25) is 5.82 Å². The summed E-state index contributed by atoms with van der Waals surface area (Å²) in [5, 5.41) is 14.7. The van der Waals surface area contributed by atoms with E-state index in [4.69, 9.17) is 4.99 Å². The molecule has 0 saturated heterocycles. The summed E-state index contributed by atoms with van der Waals surface area (Å²) in [7, 11) is 0. The van der Waals surface area contributed by atoms with E-state index >= 15 is 0 Å². The second kappa shape index (κ2) is 10.4. The lowest BCUT2D eigenvalue weighted by molar-refractivity contribution is 0.210. The summed E-state index contributed by atoms with van der Waals surface area (Å²) in [6.07, 6.45) is 8.67. The number of aromatic amines is 1. The number of nitrogens with one attached hydrogen (secondary N) is 1. The highest BCUT2D eigenvalue weighted by molar-refractivity contribution is 6.00. The summed E-state index contributed by atoms with van der Waals surface area (Å²) < 4.78 is 0. The quantitative estimate of drug-likeness (QED) is 0.420. The molecule has 37 heavy (non-hydrogen) atoms. The molecule has 8 heteroatoms. The predicted octanol–water partition coefficient (Wildman–Crippen LogP) is 5.11. The molecule has 3 aromatic rings. The first-order valence-corrected chi connectivity index (χ1v) is 13.7. The molecule has 1 unspecified atom stereocenters. The molecular formula is C29H36N8. The van der Waals surface area contributed by atoms with Crippen LogP contribution in [0.3, 0.4) is 0 Å². The van der Waals surface area contributed by atoms with E-state index in [1.807, 2.05) is 12.1 Å². The van der Waals surface area contributed by atoms with Crippen LogP contribution in [0, 0.1) is 5.92 Å². The van der Waals surface area contributed by atoms with Gasteiger partial charge in [-0.25, -0.2) is 4.99 Å². The molecule has 6 rings (SSSR count). The average molecular weight is 497 g/mol. The van der Waals surface area contributed by atoms with Crippen molar-refractivity contribution in [2.75, 3.05) is 19.8 Å². The number of aromatic nitrogens is 4. The van der Waals surface area contributed by atoms with Crippen molar-refractivity contribution in [1.29, 1.82) is 0 Å². The minimum absolute atomic E-state index is 0.199. The van der Waals surface area contributed by atoms with Crippen molar-refractivity contribution in [3.05, 3.63) is 66.0 Å². The van der Waals surface area contributed by atoms with Gasteiger partial charge < -0.3 is 14.7 Å². The number of fused-ring (bicyclic) bond motifs is 1. The molecule has 3 heterocycles. The number of H-pyrrole nitrogens is 1. The Morgan fingerprint density at radius 2 is 1.78 bits per heavy atom. The number of benzene rings is 2. The van der Waals surface area contributed by atoms with Gasteiger partial charge >= 0.3 is 0 Å². The van der Waals surface area contributed by atoms with Crippen LogP contribution in [0.5, 0.6) is 0 Å². The number of rotatable bonds is 10. The maximum atomic E-state index is 5.26. The Morgan fingerprint density at radius 1 is 0.973 bits per heavy atom. The van der Waals surface area contributed by atoms with E-state index in [1.165, 1.54) is 29.9 Å². The first kappa shape index (κ1) is 23.7. The molecule has 2 aliphatic heterocycles. The van der Waals surface area contributed by atoms with Gasteiger partial charge in [-0.1, -0.05) is 68.8 Å². The van der Waals surface area contributed by atoms with Crippen molar-refractivity contribution in [2.45, 2.75) is 58.7 Å². The molecule has 1 saturated carbocycles. The molecule has 2 aromatic carbocycles. The average Bonchev–Trinajstić information content (AvgIpc) is 3.43. The Bertz CT molecular complexity index is 1260. The molecule has 1 aromatic heterocycles. The summed E-state index contributed by atoms with van der Waals surface area (Å²) >= 11 is 0. The SMILES string of the molecule is CCCC1N=C2C(=CN(CC3CC3)CN2CCC)N1Cc1ccc(-c2ccccc2-c2nn[nH]n2)cc1. The lowest BCUT2D eigenvalue weighted by Gasteiger charge is -2.38. The minimum atomic E-state index is 0.199. The van der Waals surface area contributed by atoms with Crippen LogP contribution in [0.1, 0.15) is 51.5 Å². The highest BCUT2D eigenvalue weighted by Crippen LogP contribution is 2.35. The van der Waals surface area contributed by atoms with Gasteiger partial charge in [0.15, 0.2) is 5.84 Å². The minimum Gasteiger partial charge on any atom is -0.358 e. The summed E-state index contributed by atoms with van der Waals surface area (Å²) in [5.41, 5.74) is 5.82. The van der Waals surface area contributed by atoms with Gasteiger partial charge in [-0.05, 0) is 53.5 Å². The van der Waals surface area contributed by atoms with Gasteiger partial charge in [-0.2, -0.15) is 5.21 Å². The Hall–Kier alpha value is -3.68. The van der Waals surface area contributed by atoms with Gasteiger partial charge in [0, 0.05) is 31.4 Å². The molecule has 3 aliphatic rings. The number of tetrazole rings is 1. The fraction of sp³-hybridized carbons (Fsp3) is 0.448. The molecule has 1 N–H and O–H groups in total. The highest BCUT2D eigenvalue weighted by Gasteiger charge is 2.37. The van der Waals surface area contributed by atoms with Crippen molar-refractivity contribution < 1.29 is 0 Å². The Labute approximate surface area is 219 Å². The topological polar surface area (TPSA) is 76.5 Å². The van der Waals surface area contributed by atoms with Gasteiger partial charge in [0.25, 0.3) is 0 Å². The summed E-state index contributed by atoms with van der Waals surface area (Å²) in [6.45, 7) is 8.56. The van der Waals surface area contributed by atoms with Crippen molar-refractivity contribution >= 4 is 5.84 Å². The molecule has 192 valence electrons. The van der Waals surface area contributed by atoms with E-state index in [-0.39, 0.29) is 6.17 Å². The molecule has 0 amide bonds. The summed E-state index contributed by atoms with van der Waals surface area (Å²) in [4.78, 5) is 12.8. The van der Waals surface area contributed by atoms with Gasteiger partial charge in [0.1, 0.15) is 6.17 Å². The fourth-order valence-electron chi connectivity index (χ4n) is 5.49. The zero-order valence-electron chi connectivity index (χ0n) is 21.8. The lowest BCUT2D eigenvalue weighted by atomic mass is 9.98. The molecule has 8 nitrogen and oxygen atoms in total. The number of hydrogen-bond donors (Lipinski definition) is 1. The second-order valence-corrected chi connectivity index (χ2v) is 10.5. The molecule has 0 bridgehead atoms. The molecular weight excluding hydrogens is 460 g/mol. The van der Waals surface area contributed by atoms with E-state index in [1.54, 1.807) is 0 Å².